The van der Waals surface area contributed by atoms with Gasteiger partial charge in [0.15, 0.2) is 0 Å². The van der Waals surface area contributed by atoms with Crippen LogP contribution in [0.3, 0.4) is 0 Å². The third kappa shape index (κ3) is 2.70. The Hall–Kier alpha value is -1.62. The first kappa shape index (κ1) is 10.5. The Bertz CT molecular complexity index is 352. The minimum Gasteiger partial charge on any atom is -0.394 e. The number of H-pyrrole nitrogens is 1. The number of carbonyl (C=O) groups is 1. The molecule has 0 spiro atoms. The number of aliphatic hydroxyl groups is 1. The van der Waals surface area contributed by atoms with E-state index in [9.17, 15) is 9.59 Å². The van der Waals surface area contributed by atoms with E-state index in [0.717, 1.165) is 0 Å². The zero-order valence-corrected chi connectivity index (χ0v) is 7.78. The van der Waals surface area contributed by atoms with E-state index in [0.29, 0.717) is 5.56 Å². The molecule has 1 rings (SSSR count). The molecule has 0 bridgehead atoms. The molecule has 0 aliphatic heterocycles. The summed E-state index contributed by atoms with van der Waals surface area (Å²) in [5.74, 6) is -0.317. The van der Waals surface area contributed by atoms with Gasteiger partial charge >= 0.3 is 0 Å². The van der Waals surface area contributed by atoms with Crippen LogP contribution in [0.15, 0.2) is 23.1 Å². The first-order valence-corrected chi connectivity index (χ1v) is 4.24. The molecule has 1 unspecified atom stereocenters. The SMILES string of the molecule is CC(CO)NC(=O)c1ccc(=O)[nH]c1. The van der Waals surface area contributed by atoms with E-state index in [1.807, 2.05) is 0 Å². The van der Waals surface area contributed by atoms with Crippen LogP contribution in [0.2, 0.25) is 0 Å². The van der Waals surface area contributed by atoms with Crippen molar-refractivity contribution < 1.29 is 9.90 Å². The van der Waals surface area contributed by atoms with Gasteiger partial charge in [0.25, 0.3) is 5.91 Å². The Labute approximate surface area is 80.8 Å². The number of hydrogen-bond donors (Lipinski definition) is 3. The second kappa shape index (κ2) is 4.57. The molecule has 14 heavy (non-hydrogen) atoms. The fraction of sp³-hybridized carbons (Fsp3) is 0.333. The monoisotopic (exact) mass is 196 g/mol. The highest BCUT2D eigenvalue weighted by Gasteiger charge is 2.08. The van der Waals surface area contributed by atoms with E-state index in [1.54, 1.807) is 6.92 Å². The molecule has 5 heteroatoms. The molecule has 1 atom stereocenters. The Morgan fingerprint density at radius 2 is 2.36 bits per heavy atom. The molecule has 1 heterocycles. The highest BCUT2D eigenvalue weighted by atomic mass is 16.3. The van der Waals surface area contributed by atoms with Crippen LogP contribution in [0.5, 0.6) is 0 Å². The zero-order valence-electron chi connectivity index (χ0n) is 7.78. The van der Waals surface area contributed by atoms with Gasteiger partial charge in [-0.2, -0.15) is 0 Å². The summed E-state index contributed by atoms with van der Waals surface area (Å²) in [6.07, 6.45) is 1.34. The van der Waals surface area contributed by atoms with Gasteiger partial charge in [0, 0.05) is 18.3 Å². The molecule has 0 fully saturated rings. The molecule has 5 nitrogen and oxygen atoms in total. The molecular formula is C9H12N2O3. The number of pyridine rings is 1. The fourth-order valence-corrected chi connectivity index (χ4v) is 0.905. The Balaban J connectivity index is 2.70. The third-order valence-electron chi connectivity index (χ3n) is 1.70. The van der Waals surface area contributed by atoms with Gasteiger partial charge in [0.1, 0.15) is 0 Å². The average molecular weight is 196 g/mol. The number of carbonyl (C=O) groups excluding carboxylic acids is 1. The molecule has 0 radical (unpaired) electrons. The number of aromatic nitrogens is 1. The highest BCUT2D eigenvalue weighted by molar-refractivity contribution is 5.93. The first-order valence-electron chi connectivity index (χ1n) is 4.24. The summed E-state index contributed by atoms with van der Waals surface area (Å²) in [5.41, 5.74) is 0.113. The van der Waals surface area contributed by atoms with Gasteiger partial charge in [0.2, 0.25) is 5.56 Å². The lowest BCUT2D eigenvalue weighted by molar-refractivity contribution is 0.0922. The average Bonchev–Trinajstić information content (AvgIpc) is 2.18. The third-order valence-corrected chi connectivity index (χ3v) is 1.70. The van der Waals surface area contributed by atoms with Crippen molar-refractivity contribution in [3.8, 4) is 0 Å². The van der Waals surface area contributed by atoms with Crippen LogP contribution in [0.4, 0.5) is 0 Å². The topological polar surface area (TPSA) is 82.2 Å². The molecule has 1 aromatic rings. The molecule has 1 aromatic heterocycles. The van der Waals surface area contributed by atoms with Crippen molar-refractivity contribution >= 4 is 5.91 Å². The van der Waals surface area contributed by atoms with Crippen LogP contribution in [-0.4, -0.2) is 28.6 Å². The smallest absolute Gasteiger partial charge is 0.253 e. The number of nitrogens with one attached hydrogen (secondary N) is 2. The maximum atomic E-state index is 11.4. The van der Waals surface area contributed by atoms with Crippen molar-refractivity contribution in [2.45, 2.75) is 13.0 Å². The lowest BCUT2D eigenvalue weighted by atomic mass is 10.2. The van der Waals surface area contributed by atoms with Gasteiger partial charge in [-0.05, 0) is 13.0 Å². The minimum absolute atomic E-state index is 0.116. The summed E-state index contributed by atoms with van der Waals surface area (Å²) in [5, 5.41) is 11.3. The van der Waals surface area contributed by atoms with Crippen molar-refractivity contribution in [3.63, 3.8) is 0 Å². The summed E-state index contributed by atoms with van der Waals surface area (Å²) in [4.78, 5) is 24.5. The van der Waals surface area contributed by atoms with E-state index in [1.165, 1.54) is 18.3 Å². The number of amides is 1. The van der Waals surface area contributed by atoms with Crippen LogP contribution in [0.1, 0.15) is 17.3 Å². The summed E-state index contributed by atoms with van der Waals surface area (Å²) >= 11 is 0. The first-order chi connectivity index (χ1) is 6.63. The Kier molecular flexibility index (Phi) is 3.41. The largest absolute Gasteiger partial charge is 0.394 e. The quantitative estimate of drug-likeness (QED) is 0.608. The van der Waals surface area contributed by atoms with Gasteiger partial charge in [-0.15, -0.1) is 0 Å². The fourth-order valence-electron chi connectivity index (χ4n) is 0.905. The van der Waals surface area contributed by atoms with Crippen LogP contribution in [0, 0.1) is 0 Å². The number of aliphatic hydroxyl groups excluding tert-OH is 1. The summed E-state index contributed by atoms with van der Waals surface area (Å²) in [6, 6.07) is 2.41. The van der Waals surface area contributed by atoms with E-state index in [2.05, 4.69) is 10.3 Å². The molecule has 0 saturated carbocycles. The van der Waals surface area contributed by atoms with E-state index in [4.69, 9.17) is 5.11 Å². The van der Waals surface area contributed by atoms with Crippen molar-refractivity contribution in [1.82, 2.24) is 10.3 Å². The van der Waals surface area contributed by atoms with Gasteiger partial charge in [-0.25, -0.2) is 0 Å². The van der Waals surface area contributed by atoms with Crippen molar-refractivity contribution in [3.05, 3.63) is 34.2 Å². The molecule has 0 aromatic carbocycles. The van der Waals surface area contributed by atoms with Gasteiger partial charge in [-0.3, -0.25) is 9.59 Å². The minimum atomic E-state index is -0.317. The molecular weight excluding hydrogens is 184 g/mol. The summed E-state index contributed by atoms with van der Waals surface area (Å²) in [7, 11) is 0. The number of rotatable bonds is 3. The van der Waals surface area contributed by atoms with Crippen LogP contribution in [0.25, 0.3) is 0 Å². The highest BCUT2D eigenvalue weighted by Crippen LogP contribution is 1.93. The standard InChI is InChI=1S/C9H12N2O3/c1-6(5-12)11-9(14)7-2-3-8(13)10-4-7/h2-4,6,12H,5H2,1H3,(H,10,13)(H,11,14). The van der Waals surface area contributed by atoms with Gasteiger partial charge in [-0.1, -0.05) is 0 Å². The second-order valence-electron chi connectivity index (χ2n) is 3.00. The van der Waals surface area contributed by atoms with E-state index >= 15 is 0 Å². The van der Waals surface area contributed by atoms with Gasteiger partial charge < -0.3 is 15.4 Å². The lowest BCUT2D eigenvalue weighted by Crippen LogP contribution is -2.35. The Morgan fingerprint density at radius 1 is 1.64 bits per heavy atom. The molecule has 0 aliphatic carbocycles. The number of aromatic amines is 1. The van der Waals surface area contributed by atoms with Crippen LogP contribution < -0.4 is 10.9 Å². The predicted molar refractivity (Wildman–Crippen MR) is 51.1 cm³/mol. The lowest BCUT2D eigenvalue weighted by Gasteiger charge is -2.09. The second-order valence-corrected chi connectivity index (χ2v) is 3.00. The molecule has 0 saturated heterocycles. The molecule has 1 amide bonds. The van der Waals surface area contributed by atoms with Crippen LogP contribution >= 0.6 is 0 Å². The van der Waals surface area contributed by atoms with E-state index < -0.39 is 0 Å². The molecule has 0 aliphatic rings. The Morgan fingerprint density at radius 3 is 2.86 bits per heavy atom. The molecule has 3 N–H and O–H groups in total. The summed E-state index contributed by atoms with van der Waals surface area (Å²) < 4.78 is 0. The maximum absolute atomic E-state index is 11.4. The number of hydrogen-bond acceptors (Lipinski definition) is 3. The maximum Gasteiger partial charge on any atom is 0.253 e. The van der Waals surface area contributed by atoms with E-state index in [-0.39, 0.29) is 24.1 Å². The summed E-state index contributed by atoms with van der Waals surface area (Å²) in [6.45, 7) is 1.57. The predicted octanol–water partition coefficient (Wildman–Crippen LogP) is -0.515. The van der Waals surface area contributed by atoms with Gasteiger partial charge in [0.05, 0.1) is 12.2 Å². The zero-order chi connectivity index (χ0) is 10.6. The van der Waals surface area contributed by atoms with Crippen molar-refractivity contribution in [1.29, 1.82) is 0 Å². The van der Waals surface area contributed by atoms with Crippen molar-refractivity contribution in [2.24, 2.45) is 0 Å². The molecule has 76 valence electrons. The van der Waals surface area contributed by atoms with Crippen molar-refractivity contribution in [2.75, 3.05) is 6.61 Å². The normalized spacial score (nSPS) is 12.1. The van der Waals surface area contributed by atoms with Crippen LogP contribution in [-0.2, 0) is 0 Å².